The average Bonchev–Trinajstić information content (AvgIpc) is 3.00. The van der Waals surface area contributed by atoms with Crippen LogP contribution in [-0.2, 0) is 16.0 Å². The molecule has 2 aromatic heterocycles. The van der Waals surface area contributed by atoms with Crippen molar-refractivity contribution < 1.29 is 9.59 Å². The molecule has 7 nitrogen and oxygen atoms in total. The summed E-state index contributed by atoms with van der Waals surface area (Å²) in [4.78, 5) is 30.8. The summed E-state index contributed by atoms with van der Waals surface area (Å²) in [6.45, 7) is 6.05. The zero-order valence-corrected chi connectivity index (χ0v) is 14.7. The smallest absolute Gasteiger partial charge is 0.237 e. The highest BCUT2D eigenvalue weighted by Crippen LogP contribution is 2.12. The van der Waals surface area contributed by atoms with E-state index >= 15 is 0 Å². The second-order valence-electron chi connectivity index (χ2n) is 6.62. The molecule has 2 N–H and O–H groups in total. The molecule has 0 unspecified atom stereocenters. The molecule has 0 saturated carbocycles. The van der Waals surface area contributed by atoms with Gasteiger partial charge < -0.3 is 15.0 Å². The predicted molar refractivity (Wildman–Crippen MR) is 95.2 cm³/mol. The van der Waals surface area contributed by atoms with Gasteiger partial charge in [-0.3, -0.25) is 14.5 Å². The molecule has 0 aromatic carbocycles. The third-order valence-corrected chi connectivity index (χ3v) is 4.61. The summed E-state index contributed by atoms with van der Waals surface area (Å²) in [6, 6.07) is 5.71. The number of piperazine rings is 1. The molecule has 3 rings (SSSR count). The molecule has 0 spiro atoms. The van der Waals surface area contributed by atoms with Crippen molar-refractivity contribution in [2.75, 3.05) is 19.6 Å². The van der Waals surface area contributed by atoms with Gasteiger partial charge in [-0.1, -0.05) is 6.07 Å². The lowest BCUT2D eigenvalue weighted by atomic mass is 10.1. The van der Waals surface area contributed by atoms with E-state index in [1.165, 1.54) is 0 Å². The molecule has 1 saturated heterocycles. The fourth-order valence-electron chi connectivity index (χ4n) is 3.31. The molecular formula is C18H25N5O2. The van der Waals surface area contributed by atoms with E-state index in [2.05, 4.69) is 20.5 Å². The van der Waals surface area contributed by atoms with Crippen LogP contribution in [0, 0.1) is 0 Å². The van der Waals surface area contributed by atoms with E-state index in [4.69, 9.17) is 0 Å². The third-order valence-electron chi connectivity index (χ3n) is 4.61. The fourth-order valence-corrected chi connectivity index (χ4v) is 3.31. The van der Waals surface area contributed by atoms with Crippen LogP contribution in [0.25, 0.3) is 5.65 Å². The van der Waals surface area contributed by atoms with Gasteiger partial charge in [-0.15, -0.1) is 0 Å². The van der Waals surface area contributed by atoms with Crippen molar-refractivity contribution in [1.82, 2.24) is 24.9 Å². The molecule has 1 fully saturated rings. The largest absolute Gasteiger partial charge is 0.356 e. The maximum absolute atomic E-state index is 12.3. The molecule has 134 valence electrons. The maximum Gasteiger partial charge on any atom is 0.237 e. The molecule has 25 heavy (non-hydrogen) atoms. The molecule has 0 radical (unpaired) electrons. The van der Waals surface area contributed by atoms with Gasteiger partial charge in [-0.2, -0.15) is 0 Å². The van der Waals surface area contributed by atoms with Crippen molar-refractivity contribution in [2.45, 2.75) is 38.8 Å². The molecule has 0 aliphatic carbocycles. The first-order valence-corrected chi connectivity index (χ1v) is 8.77. The molecule has 0 bridgehead atoms. The highest BCUT2D eigenvalue weighted by molar-refractivity contribution is 5.88. The Morgan fingerprint density at radius 1 is 1.44 bits per heavy atom. The van der Waals surface area contributed by atoms with Gasteiger partial charge in [0, 0.05) is 50.2 Å². The van der Waals surface area contributed by atoms with Gasteiger partial charge in [-0.25, -0.2) is 4.98 Å². The number of hydrogen-bond acceptors (Lipinski definition) is 4. The average molecular weight is 343 g/mol. The van der Waals surface area contributed by atoms with Gasteiger partial charge in [0.05, 0.1) is 12.5 Å². The Morgan fingerprint density at radius 3 is 3.08 bits per heavy atom. The third kappa shape index (κ3) is 3.99. The monoisotopic (exact) mass is 343 g/mol. The summed E-state index contributed by atoms with van der Waals surface area (Å²) in [5.41, 5.74) is 1.95. The second-order valence-corrected chi connectivity index (χ2v) is 6.62. The summed E-state index contributed by atoms with van der Waals surface area (Å²) < 4.78 is 2.02. The number of rotatable bonds is 6. The van der Waals surface area contributed by atoms with Gasteiger partial charge in [-0.05, 0) is 26.0 Å². The van der Waals surface area contributed by atoms with E-state index in [0.717, 1.165) is 17.9 Å². The van der Waals surface area contributed by atoms with Crippen LogP contribution >= 0.6 is 0 Å². The van der Waals surface area contributed by atoms with Gasteiger partial charge in [0.1, 0.15) is 5.65 Å². The fraction of sp³-hybridized carbons (Fsp3) is 0.500. The minimum Gasteiger partial charge on any atom is -0.356 e. The SMILES string of the molecule is CC(C)N1CCNC(=O)[C@H]1CC(=O)NCCc1cnc2ccccn12. The van der Waals surface area contributed by atoms with Crippen LogP contribution in [0.2, 0.25) is 0 Å². The summed E-state index contributed by atoms with van der Waals surface area (Å²) in [5, 5.41) is 5.77. The Morgan fingerprint density at radius 2 is 2.28 bits per heavy atom. The Balaban J connectivity index is 1.53. The van der Waals surface area contributed by atoms with Crippen molar-refractivity contribution >= 4 is 17.5 Å². The number of amides is 2. The number of pyridine rings is 1. The molecule has 1 aliphatic rings. The zero-order chi connectivity index (χ0) is 17.8. The molecular weight excluding hydrogens is 318 g/mol. The first-order chi connectivity index (χ1) is 12.1. The van der Waals surface area contributed by atoms with Crippen LogP contribution in [0.1, 0.15) is 26.0 Å². The van der Waals surface area contributed by atoms with Crippen LogP contribution in [0.5, 0.6) is 0 Å². The van der Waals surface area contributed by atoms with E-state index < -0.39 is 0 Å². The lowest BCUT2D eigenvalue weighted by molar-refractivity contribution is -0.134. The summed E-state index contributed by atoms with van der Waals surface area (Å²) in [7, 11) is 0. The van der Waals surface area contributed by atoms with Crippen molar-refractivity contribution in [3.8, 4) is 0 Å². The van der Waals surface area contributed by atoms with Gasteiger partial charge in [0.2, 0.25) is 11.8 Å². The van der Waals surface area contributed by atoms with Gasteiger partial charge in [0.15, 0.2) is 0 Å². The maximum atomic E-state index is 12.3. The lowest BCUT2D eigenvalue weighted by Gasteiger charge is -2.37. The highest BCUT2D eigenvalue weighted by atomic mass is 16.2. The zero-order valence-electron chi connectivity index (χ0n) is 14.7. The van der Waals surface area contributed by atoms with E-state index in [9.17, 15) is 9.59 Å². The van der Waals surface area contributed by atoms with E-state index in [-0.39, 0.29) is 30.3 Å². The van der Waals surface area contributed by atoms with Crippen molar-refractivity contribution in [3.63, 3.8) is 0 Å². The second kappa shape index (κ2) is 7.65. The number of imidazole rings is 1. The minimum atomic E-state index is -0.385. The van der Waals surface area contributed by atoms with E-state index in [0.29, 0.717) is 19.5 Å². The molecule has 2 amide bonds. The number of carbonyl (C=O) groups excluding carboxylic acids is 2. The summed E-state index contributed by atoms with van der Waals surface area (Å²) >= 11 is 0. The van der Waals surface area contributed by atoms with Crippen LogP contribution in [0.4, 0.5) is 0 Å². The highest BCUT2D eigenvalue weighted by Gasteiger charge is 2.32. The Kier molecular flexibility index (Phi) is 5.33. The number of nitrogens with one attached hydrogen (secondary N) is 2. The minimum absolute atomic E-state index is 0.0584. The first-order valence-electron chi connectivity index (χ1n) is 8.77. The number of carbonyl (C=O) groups is 2. The van der Waals surface area contributed by atoms with Crippen molar-refractivity contribution in [2.24, 2.45) is 0 Å². The standard InChI is InChI=1S/C18H25N5O2/c1-13(2)22-10-8-20-18(25)15(22)11-17(24)19-7-6-14-12-21-16-5-3-4-9-23(14)16/h3-5,9,12-13,15H,6-8,10-11H2,1-2H3,(H,19,24)(H,20,25)/t15-/m1/s1. The van der Waals surface area contributed by atoms with Crippen LogP contribution in [0.3, 0.4) is 0 Å². The number of fused-ring (bicyclic) bond motifs is 1. The normalized spacial score (nSPS) is 18.5. The molecule has 3 heterocycles. The van der Waals surface area contributed by atoms with Crippen LogP contribution < -0.4 is 10.6 Å². The van der Waals surface area contributed by atoms with E-state index in [1.807, 2.05) is 48.8 Å². The van der Waals surface area contributed by atoms with Crippen LogP contribution in [0.15, 0.2) is 30.6 Å². The summed E-state index contributed by atoms with van der Waals surface area (Å²) in [5.74, 6) is -0.154. The number of hydrogen-bond donors (Lipinski definition) is 2. The van der Waals surface area contributed by atoms with Crippen molar-refractivity contribution in [1.29, 1.82) is 0 Å². The summed E-state index contributed by atoms with van der Waals surface area (Å²) in [6.07, 6.45) is 4.68. The van der Waals surface area contributed by atoms with Crippen molar-refractivity contribution in [3.05, 3.63) is 36.3 Å². The van der Waals surface area contributed by atoms with Gasteiger partial charge >= 0.3 is 0 Å². The Hall–Kier alpha value is -2.41. The van der Waals surface area contributed by atoms with Crippen LogP contribution in [-0.4, -0.2) is 57.8 Å². The Labute approximate surface area is 147 Å². The first kappa shape index (κ1) is 17.4. The number of aromatic nitrogens is 2. The Bertz CT molecular complexity index is 755. The molecule has 1 aliphatic heterocycles. The molecule has 2 aromatic rings. The topological polar surface area (TPSA) is 78.7 Å². The lowest BCUT2D eigenvalue weighted by Crippen LogP contribution is -2.58. The molecule has 1 atom stereocenters. The van der Waals surface area contributed by atoms with Gasteiger partial charge in [0.25, 0.3) is 0 Å². The predicted octanol–water partition coefficient (Wildman–Crippen LogP) is 0.592. The quantitative estimate of drug-likeness (QED) is 0.805. The number of nitrogens with zero attached hydrogens (tertiary/aromatic N) is 3. The van der Waals surface area contributed by atoms with E-state index in [1.54, 1.807) is 0 Å². The molecule has 7 heteroatoms.